The normalized spacial score (nSPS) is 11.1. The van der Waals surface area contributed by atoms with Crippen molar-refractivity contribution in [3.05, 3.63) is 22.3 Å². The molecule has 0 saturated heterocycles. The van der Waals surface area contributed by atoms with Crippen LogP contribution in [-0.4, -0.2) is 23.3 Å². The minimum atomic E-state index is -1.10. The molecule has 0 aliphatic carbocycles. The van der Waals surface area contributed by atoms with E-state index in [2.05, 4.69) is 20.8 Å². The van der Waals surface area contributed by atoms with Gasteiger partial charge in [0.1, 0.15) is 5.56 Å². The van der Waals surface area contributed by atoms with E-state index in [1.807, 2.05) is 0 Å². The molecular formula is C26H44O5. The Bertz CT molecular complexity index is 654. The average molecular weight is 437 g/mol. The lowest BCUT2D eigenvalue weighted by molar-refractivity contribution is -0.179. The van der Waals surface area contributed by atoms with E-state index in [4.69, 9.17) is 9.78 Å². The number of aromatic carboxylic acids is 1. The molecule has 1 aromatic carbocycles. The molecule has 5 heteroatoms. The second-order valence-electron chi connectivity index (χ2n) is 8.48. The summed E-state index contributed by atoms with van der Waals surface area (Å²) in [7, 11) is 1.39. The van der Waals surface area contributed by atoms with Gasteiger partial charge in [-0.1, -0.05) is 78.6 Å². The fraction of sp³-hybridized carbons (Fsp3) is 0.731. The third-order valence-electron chi connectivity index (χ3n) is 5.98. The van der Waals surface area contributed by atoms with Gasteiger partial charge >= 0.3 is 5.97 Å². The summed E-state index contributed by atoms with van der Waals surface area (Å²) in [6.07, 6.45) is 15.3. The lowest BCUT2D eigenvalue weighted by atomic mass is 9.85. The van der Waals surface area contributed by atoms with Gasteiger partial charge in [-0.05, 0) is 49.7 Å². The maximum Gasteiger partial charge on any atom is 0.339 e. The molecule has 0 unspecified atom stereocenters. The monoisotopic (exact) mass is 436 g/mol. The van der Waals surface area contributed by atoms with Gasteiger partial charge < -0.3 is 15.1 Å². The van der Waals surface area contributed by atoms with Crippen molar-refractivity contribution in [1.82, 2.24) is 0 Å². The Hall–Kier alpha value is -1.75. The van der Waals surface area contributed by atoms with Crippen molar-refractivity contribution in [2.45, 2.75) is 117 Å². The van der Waals surface area contributed by atoms with Crippen LogP contribution < -0.4 is 4.89 Å². The molecule has 2 N–H and O–H groups in total. The molecule has 5 nitrogen and oxygen atoms in total. The molecule has 0 heterocycles. The Balaban J connectivity index is 3.46. The van der Waals surface area contributed by atoms with Crippen molar-refractivity contribution in [1.29, 1.82) is 0 Å². The average Bonchev–Trinajstić information content (AvgIpc) is 2.74. The van der Waals surface area contributed by atoms with Crippen LogP contribution >= 0.6 is 0 Å². The number of carbonyl (C=O) groups is 1. The van der Waals surface area contributed by atoms with Crippen LogP contribution in [0.2, 0.25) is 0 Å². The number of phenols is 1. The second-order valence-corrected chi connectivity index (χ2v) is 8.48. The highest BCUT2D eigenvalue weighted by Crippen LogP contribution is 2.42. The van der Waals surface area contributed by atoms with Gasteiger partial charge in [0.2, 0.25) is 5.75 Å². The van der Waals surface area contributed by atoms with E-state index in [-0.39, 0.29) is 17.1 Å². The molecule has 0 saturated carbocycles. The van der Waals surface area contributed by atoms with Crippen molar-refractivity contribution in [2.75, 3.05) is 7.11 Å². The molecule has 0 aliphatic rings. The summed E-state index contributed by atoms with van der Waals surface area (Å²) >= 11 is 0. The van der Waals surface area contributed by atoms with Gasteiger partial charge in [0.05, 0.1) is 7.11 Å². The first-order chi connectivity index (χ1) is 15.0. The lowest BCUT2D eigenvalue weighted by Crippen LogP contribution is -2.13. The molecular weight excluding hydrogens is 392 g/mol. The number of hydrogen-bond donors (Lipinski definition) is 2. The van der Waals surface area contributed by atoms with Gasteiger partial charge in [-0.2, -0.15) is 4.89 Å². The van der Waals surface area contributed by atoms with E-state index >= 15 is 0 Å². The van der Waals surface area contributed by atoms with Crippen molar-refractivity contribution >= 4 is 5.97 Å². The Labute approximate surface area is 189 Å². The Morgan fingerprint density at radius 1 is 0.710 bits per heavy atom. The number of carboxylic acids is 1. The van der Waals surface area contributed by atoms with Gasteiger partial charge in [-0.25, -0.2) is 4.79 Å². The molecule has 31 heavy (non-hydrogen) atoms. The summed E-state index contributed by atoms with van der Waals surface area (Å²) in [4.78, 5) is 22.4. The van der Waals surface area contributed by atoms with Crippen LogP contribution in [0.3, 0.4) is 0 Å². The summed E-state index contributed by atoms with van der Waals surface area (Å²) < 4.78 is 0. The predicted molar refractivity (Wildman–Crippen MR) is 126 cm³/mol. The van der Waals surface area contributed by atoms with Crippen LogP contribution in [0.15, 0.2) is 0 Å². The molecule has 0 bridgehead atoms. The minimum absolute atomic E-state index is 0.00801. The van der Waals surface area contributed by atoms with Crippen LogP contribution in [0.4, 0.5) is 0 Å². The van der Waals surface area contributed by atoms with E-state index in [0.29, 0.717) is 6.42 Å². The van der Waals surface area contributed by atoms with Crippen molar-refractivity contribution < 1.29 is 24.8 Å². The van der Waals surface area contributed by atoms with Gasteiger partial charge in [-0.15, -0.1) is 0 Å². The third-order valence-corrected chi connectivity index (χ3v) is 5.98. The highest BCUT2D eigenvalue weighted by molar-refractivity contribution is 5.94. The van der Waals surface area contributed by atoms with Crippen LogP contribution in [0.5, 0.6) is 11.5 Å². The summed E-state index contributed by atoms with van der Waals surface area (Å²) in [6, 6.07) is 0. The number of carboxylic acid groups (broad SMARTS) is 1. The first-order valence-electron chi connectivity index (χ1n) is 12.4. The Kier molecular flexibility index (Phi) is 14.1. The van der Waals surface area contributed by atoms with Crippen molar-refractivity contribution in [3.63, 3.8) is 0 Å². The van der Waals surface area contributed by atoms with Gasteiger partial charge in [0, 0.05) is 5.56 Å². The zero-order chi connectivity index (χ0) is 23.1. The number of rotatable bonds is 18. The highest BCUT2D eigenvalue weighted by atomic mass is 17.2. The highest BCUT2D eigenvalue weighted by Gasteiger charge is 2.28. The molecule has 0 aliphatic heterocycles. The zero-order valence-electron chi connectivity index (χ0n) is 20.2. The maximum absolute atomic E-state index is 12.2. The fourth-order valence-electron chi connectivity index (χ4n) is 4.30. The lowest BCUT2D eigenvalue weighted by Gasteiger charge is -2.22. The Morgan fingerprint density at radius 2 is 1.16 bits per heavy atom. The van der Waals surface area contributed by atoms with Crippen LogP contribution in [-0.2, 0) is 24.2 Å². The molecule has 0 radical (unpaired) electrons. The largest absolute Gasteiger partial charge is 0.504 e. The standard InChI is InChI=1S/C26H44O5/c1-5-8-11-14-17-20-21(18-15-12-9-6-2)23(26(28)29)24(27)25(31-30-4)22(20)19-16-13-10-7-3/h27H,5-19H2,1-4H3,(H,28,29). The number of unbranched alkanes of at least 4 members (excludes halogenated alkanes) is 9. The van der Waals surface area contributed by atoms with Gasteiger partial charge in [0.25, 0.3) is 0 Å². The van der Waals surface area contributed by atoms with Gasteiger partial charge in [-0.3, -0.25) is 0 Å². The first-order valence-corrected chi connectivity index (χ1v) is 12.4. The molecule has 0 aromatic heterocycles. The summed E-state index contributed by atoms with van der Waals surface area (Å²) in [6.45, 7) is 6.53. The topological polar surface area (TPSA) is 76.0 Å². The smallest absolute Gasteiger partial charge is 0.339 e. The minimum Gasteiger partial charge on any atom is -0.504 e. The van der Waals surface area contributed by atoms with Crippen LogP contribution in [0.25, 0.3) is 0 Å². The summed E-state index contributed by atoms with van der Waals surface area (Å²) in [5, 5.41) is 20.9. The maximum atomic E-state index is 12.2. The third kappa shape index (κ3) is 8.72. The molecule has 1 rings (SSSR count). The number of benzene rings is 1. The molecule has 0 amide bonds. The molecule has 0 spiro atoms. The van der Waals surface area contributed by atoms with Crippen molar-refractivity contribution in [2.24, 2.45) is 0 Å². The molecule has 1 aromatic rings. The second kappa shape index (κ2) is 16.0. The zero-order valence-corrected chi connectivity index (χ0v) is 20.2. The summed E-state index contributed by atoms with van der Waals surface area (Å²) in [5.41, 5.74) is 2.78. The fourth-order valence-corrected chi connectivity index (χ4v) is 4.30. The number of aromatic hydroxyl groups is 1. The van der Waals surface area contributed by atoms with E-state index in [1.165, 1.54) is 13.5 Å². The predicted octanol–water partition coefficient (Wildman–Crippen LogP) is 7.40. The molecule has 0 fully saturated rings. The first kappa shape index (κ1) is 27.3. The van der Waals surface area contributed by atoms with E-state index < -0.39 is 5.97 Å². The van der Waals surface area contributed by atoms with Crippen molar-refractivity contribution in [3.8, 4) is 11.5 Å². The molecule has 0 atom stereocenters. The molecule has 178 valence electrons. The Morgan fingerprint density at radius 3 is 1.58 bits per heavy atom. The number of hydrogen-bond acceptors (Lipinski definition) is 4. The quantitative estimate of drug-likeness (QED) is 0.142. The van der Waals surface area contributed by atoms with Gasteiger partial charge in [0.15, 0.2) is 5.75 Å². The van der Waals surface area contributed by atoms with E-state index in [0.717, 1.165) is 100 Å². The van der Waals surface area contributed by atoms with Crippen LogP contribution in [0, 0.1) is 0 Å². The SMILES string of the molecule is CCCCCCc1c(CCCCCC)c(OOC)c(O)c(C(=O)O)c1CCCCCC. The summed E-state index contributed by atoms with van der Waals surface area (Å²) in [5.74, 6) is -1.20. The van der Waals surface area contributed by atoms with E-state index in [1.54, 1.807) is 0 Å². The van der Waals surface area contributed by atoms with Crippen LogP contribution in [0.1, 0.15) is 125 Å². The van der Waals surface area contributed by atoms with E-state index in [9.17, 15) is 15.0 Å².